The summed E-state index contributed by atoms with van der Waals surface area (Å²) >= 11 is 0. The summed E-state index contributed by atoms with van der Waals surface area (Å²) in [5, 5.41) is 17.5. The summed E-state index contributed by atoms with van der Waals surface area (Å²) in [7, 11) is 0. The van der Waals surface area contributed by atoms with Gasteiger partial charge < -0.3 is 14.4 Å². The zero-order valence-corrected chi connectivity index (χ0v) is 11.0. The maximum absolute atomic E-state index is 11.7. The van der Waals surface area contributed by atoms with E-state index in [0.717, 1.165) is 26.2 Å². The standard InChI is InChI=1S/C11H20N4O3/c1-3-13(4-2)9-10-11(16)18-12-15(10)14-5-7-17-8-6-14/h3-9H2,1-2H3. The van der Waals surface area contributed by atoms with Gasteiger partial charge in [0.2, 0.25) is 0 Å². The first-order chi connectivity index (χ1) is 8.76. The highest BCUT2D eigenvalue weighted by Crippen LogP contribution is 2.10. The lowest BCUT2D eigenvalue weighted by Gasteiger charge is -2.22. The van der Waals surface area contributed by atoms with Gasteiger partial charge in [-0.05, 0) is 13.1 Å². The van der Waals surface area contributed by atoms with Gasteiger partial charge in [0.05, 0.1) is 32.8 Å². The fourth-order valence-electron chi connectivity index (χ4n) is 2.01. The monoisotopic (exact) mass is 256 g/mol. The van der Waals surface area contributed by atoms with Crippen LogP contribution in [0.1, 0.15) is 19.5 Å². The second-order valence-electron chi connectivity index (χ2n) is 4.22. The molecule has 1 aliphatic heterocycles. The number of nitrogens with zero attached hydrogens (tertiary/aromatic N) is 4. The topological polar surface area (TPSA) is 68.7 Å². The molecule has 0 amide bonds. The third-order valence-corrected chi connectivity index (χ3v) is 3.20. The van der Waals surface area contributed by atoms with Crippen molar-refractivity contribution in [3.63, 3.8) is 0 Å². The van der Waals surface area contributed by atoms with Crippen LogP contribution in [0, 0.1) is 0 Å². The number of aromatic nitrogens is 2. The van der Waals surface area contributed by atoms with Crippen LogP contribution in [0.15, 0.2) is 4.52 Å². The van der Waals surface area contributed by atoms with Gasteiger partial charge >= 0.3 is 0 Å². The third kappa shape index (κ3) is 2.73. The van der Waals surface area contributed by atoms with Crippen LogP contribution in [0.2, 0.25) is 0 Å². The molecule has 1 fully saturated rings. The maximum atomic E-state index is 11.7. The fourth-order valence-corrected chi connectivity index (χ4v) is 2.01. The van der Waals surface area contributed by atoms with E-state index in [1.54, 1.807) is 4.79 Å². The van der Waals surface area contributed by atoms with E-state index in [0.29, 0.717) is 25.5 Å². The van der Waals surface area contributed by atoms with Crippen molar-refractivity contribution in [2.24, 2.45) is 0 Å². The first-order valence-electron chi connectivity index (χ1n) is 6.39. The molecule has 0 bridgehead atoms. The van der Waals surface area contributed by atoms with Gasteiger partial charge in [-0.2, -0.15) is 5.01 Å². The average Bonchev–Trinajstić information content (AvgIpc) is 2.78. The van der Waals surface area contributed by atoms with Crippen LogP contribution < -0.4 is 14.9 Å². The van der Waals surface area contributed by atoms with E-state index < -0.39 is 0 Å². The van der Waals surface area contributed by atoms with Gasteiger partial charge in [0.1, 0.15) is 5.27 Å². The Labute approximate surface area is 106 Å². The van der Waals surface area contributed by atoms with Gasteiger partial charge in [-0.1, -0.05) is 13.8 Å². The highest BCUT2D eigenvalue weighted by Gasteiger charge is 2.27. The number of hydrogen-bond acceptors (Lipinski definition) is 6. The zero-order chi connectivity index (χ0) is 13.0. The maximum Gasteiger partial charge on any atom is 0.281 e. The van der Waals surface area contributed by atoms with E-state index in [9.17, 15) is 5.11 Å². The molecule has 0 unspecified atom stereocenters. The molecular formula is C11H20N4O3. The summed E-state index contributed by atoms with van der Waals surface area (Å²) in [6.07, 6.45) is 0. The van der Waals surface area contributed by atoms with Gasteiger partial charge in [0, 0.05) is 4.79 Å². The van der Waals surface area contributed by atoms with Gasteiger partial charge in [-0.15, -0.1) is 0 Å². The molecule has 7 heteroatoms. The minimum absolute atomic E-state index is 0.353. The molecule has 1 aliphatic rings. The van der Waals surface area contributed by atoms with Gasteiger partial charge in [0.25, 0.3) is 5.69 Å². The normalized spacial score (nSPS) is 16.5. The molecule has 0 N–H and O–H groups in total. The van der Waals surface area contributed by atoms with Crippen molar-refractivity contribution in [2.45, 2.75) is 20.4 Å². The summed E-state index contributed by atoms with van der Waals surface area (Å²) in [5.74, 6) is -0.353. The molecule has 1 aromatic rings. The molecule has 102 valence electrons. The van der Waals surface area contributed by atoms with E-state index in [4.69, 9.17) is 9.26 Å². The van der Waals surface area contributed by atoms with Crippen LogP contribution in [0.25, 0.3) is 0 Å². The Morgan fingerprint density at radius 3 is 2.61 bits per heavy atom. The highest BCUT2D eigenvalue weighted by molar-refractivity contribution is 5.03. The Bertz CT molecular complexity index is 372. The van der Waals surface area contributed by atoms with Gasteiger partial charge in [-0.25, -0.2) is 0 Å². The predicted octanol–water partition coefficient (Wildman–Crippen LogP) is -1.15. The first kappa shape index (κ1) is 13.1. The minimum Gasteiger partial charge on any atom is -0.539 e. The Morgan fingerprint density at radius 2 is 2.00 bits per heavy atom. The van der Waals surface area contributed by atoms with E-state index in [-0.39, 0.29) is 5.95 Å². The Kier molecular flexibility index (Phi) is 4.38. The van der Waals surface area contributed by atoms with E-state index in [1.807, 2.05) is 5.01 Å². The molecule has 0 aliphatic carbocycles. The fraction of sp³-hybridized carbons (Fsp3) is 0.818. The van der Waals surface area contributed by atoms with E-state index in [1.165, 1.54) is 0 Å². The molecule has 1 saturated heterocycles. The van der Waals surface area contributed by atoms with Gasteiger partial charge in [0.15, 0.2) is 5.95 Å². The molecular weight excluding hydrogens is 236 g/mol. The predicted molar refractivity (Wildman–Crippen MR) is 61.5 cm³/mol. The van der Waals surface area contributed by atoms with E-state index in [2.05, 4.69) is 24.0 Å². The lowest BCUT2D eigenvalue weighted by atomic mass is 10.4. The number of ether oxygens (including phenoxy) is 1. The summed E-state index contributed by atoms with van der Waals surface area (Å²) in [5.41, 5.74) is 0.584. The van der Waals surface area contributed by atoms with Crippen molar-refractivity contribution in [3.05, 3.63) is 5.69 Å². The van der Waals surface area contributed by atoms with Crippen LogP contribution in [-0.2, 0) is 11.3 Å². The second-order valence-corrected chi connectivity index (χ2v) is 4.22. The Morgan fingerprint density at radius 1 is 1.33 bits per heavy atom. The lowest BCUT2D eigenvalue weighted by Crippen LogP contribution is -2.65. The second kappa shape index (κ2) is 6.01. The van der Waals surface area contributed by atoms with Crippen molar-refractivity contribution in [1.29, 1.82) is 0 Å². The molecule has 1 aromatic heterocycles. The van der Waals surface area contributed by atoms with Crippen LogP contribution in [0.4, 0.5) is 0 Å². The molecule has 0 radical (unpaired) electrons. The number of rotatable bonds is 5. The molecule has 18 heavy (non-hydrogen) atoms. The molecule has 0 atom stereocenters. The Hall–Kier alpha value is -1.34. The van der Waals surface area contributed by atoms with Crippen molar-refractivity contribution < 1.29 is 19.2 Å². The third-order valence-electron chi connectivity index (χ3n) is 3.20. The van der Waals surface area contributed by atoms with Crippen molar-refractivity contribution in [2.75, 3.05) is 44.4 Å². The van der Waals surface area contributed by atoms with E-state index >= 15 is 0 Å². The SMILES string of the molecule is CCN(CC)Cc1c([O-])on[n+]1N1CCOCC1. The molecule has 2 heterocycles. The largest absolute Gasteiger partial charge is 0.539 e. The molecule has 0 saturated carbocycles. The van der Waals surface area contributed by atoms with Crippen LogP contribution in [0.3, 0.4) is 0 Å². The zero-order valence-electron chi connectivity index (χ0n) is 11.0. The molecule has 0 aromatic carbocycles. The summed E-state index contributed by atoms with van der Waals surface area (Å²) in [6, 6.07) is 0. The quantitative estimate of drug-likeness (QED) is 0.619. The first-order valence-corrected chi connectivity index (χ1v) is 6.39. The summed E-state index contributed by atoms with van der Waals surface area (Å²) < 4.78 is 10.1. The number of hydrogen-bond donors (Lipinski definition) is 0. The van der Waals surface area contributed by atoms with Gasteiger partial charge in [-0.3, -0.25) is 4.90 Å². The highest BCUT2D eigenvalue weighted by atomic mass is 16.6. The molecule has 0 spiro atoms. The minimum atomic E-state index is -0.353. The van der Waals surface area contributed by atoms with Crippen LogP contribution in [-0.4, -0.2) is 49.6 Å². The van der Waals surface area contributed by atoms with Crippen LogP contribution >= 0.6 is 0 Å². The van der Waals surface area contributed by atoms with Crippen LogP contribution in [0.5, 0.6) is 5.95 Å². The number of morpholine rings is 1. The molecule has 7 nitrogen and oxygen atoms in total. The van der Waals surface area contributed by atoms with Crippen molar-refractivity contribution in [1.82, 2.24) is 10.2 Å². The van der Waals surface area contributed by atoms with Crippen molar-refractivity contribution >= 4 is 0 Å². The van der Waals surface area contributed by atoms with Crippen molar-refractivity contribution in [3.8, 4) is 5.95 Å². The average molecular weight is 256 g/mol. The smallest absolute Gasteiger partial charge is 0.281 e. The summed E-state index contributed by atoms with van der Waals surface area (Å²) in [6.45, 7) is 9.24. The lowest BCUT2D eigenvalue weighted by molar-refractivity contribution is -0.766. The summed E-state index contributed by atoms with van der Waals surface area (Å²) in [4.78, 5) is 3.76. The Balaban J connectivity index is 2.15. The molecule has 2 rings (SSSR count).